The predicted octanol–water partition coefficient (Wildman–Crippen LogP) is 0.739. The molecule has 5 nitrogen and oxygen atoms in total. The summed E-state index contributed by atoms with van der Waals surface area (Å²) < 4.78 is 0. The molecule has 0 fully saturated rings. The molecule has 0 atom stereocenters. The Morgan fingerprint density at radius 1 is 1.22 bits per heavy atom. The van der Waals surface area contributed by atoms with Crippen LogP contribution in [0.25, 0.3) is 0 Å². The summed E-state index contributed by atoms with van der Waals surface area (Å²) in [5.41, 5.74) is 7.92. The lowest BCUT2D eigenvalue weighted by Crippen LogP contribution is -2.36. The quantitative estimate of drug-likeness (QED) is 0.755. The monoisotopic (exact) mass is 271 g/mol. The molecule has 4 N–H and O–H groups in total. The van der Waals surface area contributed by atoms with Gasteiger partial charge in [0.2, 0.25) is 11.8 Å². The minimum Gasteiger partial charge on any atom is -0.346 e. The van der Waals surface area contributed by atoms with Gasteiger partial charge in [0.05, 0.1) is 13.1 Å². The number of nitrogens with one attached hydrogen (secondary N) is 2. The van der Waals surface area contributed by atoms with Gasteiger partial charge in [0, 0.05) is 5.69 Å². The van der Waals surface area contributed by atoms with Crippen LogP contribution in [0, 0.1) is 13.8 Å². The van der Waals surface area contributed by atoms with E-state index in [-0.39, 0.29) is 37.3 Å². The van der Waals surface area contributed by atoms with Crippen LogP contribution in [-0.4, -0.2) is 24.9 Å². The lowest BCUT2D eigenvalue weighted by Gasteiger charge is -2.09. The van der Waals surface area contributed by atoms with E-state index in [0.29, 0.717) is 0 Å². The van der Waals surface area contributed by atoms with Crippen molar-refractivity contribution in [3.8, 4) is 0 Å². The molecule has 2 amide bonds. The van der Waals surface area contributed by atoms with Crippen molar-refractivity contribution in [3.05, 3.63) is 29.3 Å². The van der Waals surface area contributed by atoms with Gasteiger partial charge in [-0.3, -0.25) is 9.59 Å². The van der Waals surface area contributed by atoms with Gasteiger partial charge < -0.3 is 16.4 Å². The second-order valence-electron chi connectivity index (χ2n) is 3.85. The van der Waals surface area contributed by atoms with Crippen molar-refractivity contribution in [2.75, 3.05) is 18.4 Å². The largest absolute Gasteiger partial charge is 0.346 e. The summed E-state index contributed by atoms with van der Waals surface area (Å²) in [6, 6.07) is 5.79. The summed E-state index contributed by atoms with van der Waals surface area (Å²) in [5, 5.41) is 5.15. The first kappa shape index (κ1) is 16.4. The number of carbonyl (C=O) groups excluding carboxylic acids is 2. The Kier molecular flexibility index (Phi) is 7.00. The van der Waals surface area contributed by atoms with E-state index in [9.17, 15) is 9.59 Å². The summed E-state index contributed by atoms with van der Waals surface area (Å²) in [4.78, 5) is 22.4. The van der Waals surface area contributed by atoms with Crippen molar-refractivity contribution < 1.29 is 9.59 Å². The molecule has 0 heterocycles. The minimum absolute atomic E-state index is 0. The molecule has 0 saturated heterocycles. The second kappa shape index (κ2) is 7.68. The Balaban J connectivity index is 0.00000289. The molecule has 0 spiro atoms. The van der Waals surface area contributed by atoms with Crippen LogP contribution in [0.4, 0.5) is 5.69 Å². The first-order chi connectivity index (χ1) is 8.02. The molecule has 1 aromatic carbocycles. The van der Waals surface area contributed by atoms with Crippen LogP contribution in [0.5, 0.6) is 0 Å². The smallest absolute Gasteiger partial charge is 0.243 e. The van der Waals surface area contributed by atoms with Crippen molar-refractivity contribution in [1.82, 2.24) is 5.32 Å². The molecule has 1 rings (SSSR count). The Hall–Kier alpha value is -1.59. The number of amides is 2. The number of aryl methyl sites for hydroxylation is 2. The van der Waals surface area contributed by atoms with Crippen molar-refractivity contribution >= 4 is 29.9 Å². The van der Waals surface area contributed by atoms with E-state index in [1.807, 2.05) is 32.0 Å². The third kappa shape index (κ3) is 5.16. The molecular formula is C12H18ClN3O2. The number of halogens is 1. The Morgan fingerprint density at radius 3 is 2.50 bits per heavy atom. The van der Waals surface area contributed by atoms with Crippen LogP contribution in [0.2, 0.25) is 0 Å². The van der Waals surface area contributed by atoms with Crippen molar-refractivity contribution in [1.29, 1.82) is 0 Å². The first-order valence-electron chi connectivity index (χ1n) is 5.37. The maximum Gasteiger partial charge on any atom is 0.243 e. The zero-order valence-electron chi connectivity index (χ0n) is 10.4. The molecule has 0 aliphatic heterocycles. The molecule has 6 heteroatoms. The zero-order valence-corrected chi connectivity index (χ0v) is 11.3. The van der Waals surface area contributed by atoms with E-state index in [1.54, 1.807) is 0 Å². The predicted molar refractivity (Wildman–Crippen MR) is 73.9 cm³/mol. The molecule has 0 aliphatic rings. The van der Waals surface area contributed by atoms with E-state index < -0.39 is 0 Å². The second-order valence-corrected chi connectivity index (χ2v) is 3.85. The van der Waals surface area contributed by atoms with E-state index in [4.69, 9.17) is 5.73 Å². The van der Waals surface area contributed by atoms with Gasteiger partial charge in [-0.25, -0.2) is 0 Å². The molecule has 0 saturated carbocycles. The highest BCUT2D eigenvalue weighted by atomic mass is 35.5. The fourth-order valence-corrected chi connectivity index (χ4v) is 1.32. The number of benzene rings is 1. The lowest BCUT2D eigenvalue weighted by molar-refractivity contribution is -0.123. The van der Waals surface area contributed by atoms with Gasteiger partial charge in [-0.15, -0.1) is 12.4 Å². The summed E-state index contributed by atoms with van der Waals surface area (Å²) in [6.45, 7) is 3.68. The Labute approximate surface area is 113 Å². The fourth-order valence-electron chi connectivity index (χ4n) is 1.32. The van der Waals surface area contributed by atoms with Crippen molar-refractivity contribution in [3.63, 3.8) is 0 Å². The Morgan fingerprint density at radius 2 is 1.89 bits per heavy atom. The highest BCUT2D eigenvalue weighted by Gasteiger charge is 2.06. The molecule has 18 heavy (non-hydrogen) atoms. The number of hydrogen-bond acceptors (Lipinski definition) is 3. The topological polar surface area (TPSA) is 84.2 Å². The third-order valence-electron chi connectivity index (χ3n) is 2.30. The number of hydrogen-bond donors (Lipinski definition) is 3. The van der Waals surface area contributed by atoms with Crippen LogP contribution < -0.4 is 16.4 Å². The van der Waals surface area contributed by atoms with Gasteiger partial charge in [-0.2, -0.15) is 0 Å². The minimum atomic E-state index is -0.346. The van der Waals surface area contributed by atoms with Crippen LogP contribution >= 0.6 is 12.4 Å². The van der Waals surface area contributed by atoms with Crippen LogP contribution in [-0.2, 0) is 9.59 Å². The molecule has 0 aromatic heterocycles. The average Bonchev–Trinajstić information content (AvgIpc) is 2.30. The van der Waals surface area contributed by atoms with Gasteiger partial charge in [-0.1, -0.05) is 12.1 Å². The average molecular weight is 272 g/mol. The summed E-state index contributed by atoms with van der Waals surface area (Å²) in [6.07, 6.45) is 0. The van der Waals surface area contributed by atoms with Crippen LogP contribution in [0.3, 0.4) is 0 Å². The molecular weight excluding hydrogens is 254 g/mol. The standard InChI is InChI=1S/C12H17N3O2.ClH/c1-8-3-4-9(2)10(5-8)15-12(17)7-14-11(16)6-13;/h3-5H,6-7,13H2,1-2H3,(H,14,16)(H,15,17);1H. The van der Waals surface area contributed by atoms with E-state index in [0.717, 1.165) is 16.8 Å². The van der Waals surface area contributed by atoms with Gasteiger partial charge in [-0.05, 0) is 31.0 Å². The number of rotatable bonds is 4. The molecule has 0 aliphatic carbocycles. The molecule has 100 valence electrons. The van der Waals surface area contributed by atoms with Crippen LogP contribution in [0.15, 0.2) is 18.2 Å². The number of carbonyl (C=O) groups is 2. The van der Waals surface area contributed by atoms with Crippen molar-refractivity contribution in [2.45, 2.75) is 13.8 Å². The molecule has 0 bridgehead atoms. The lowest BCUT2D eigenvalue weighted by atomic mass is 10.1. The van der Waals surface area contributed by atoms with E-state index in [1.165, 1.54) is 0 Å². The van der Waals surface area contributed by atoms with E-state index >= 15 is 0 Å². The normalized spacial score (nSPS) is 9.28. The maximum absolute atomic E-state index is 11.5. The van der Waals surface area contributed by atoms with Crippen LogP contribution in [0.1, 0.15) is 11.1 Å². The molecule has 0 unspecified atom stereocenters. The fraction of sp³-hybridized carbons (Fsp3) is 0.333. The SMILES string of the molecule is Cc1ccc(C)c(NC(=O)CNC(=O)CN)c1.Cl. The summed E-state index contributed by atoms with van der Waals surface area (Å²) in [7, 11) is 0. The first-order valence-corrected chi connectivity index (χ1v) is 5.37. The van der Waals surface area contributed by atoms with Gasteiger partial charge in [0.25, 0.3) is 0 Å². The Bertz CT molecular complexity index is 435. The maximum atomic E-state index is 11.5. The van der Waals surface area contributed by atoms with Crippen molar-refractivity contribution in [2.24, 2.45) is 5.73 Å². The van der Waals surface area contributed by atoms with Gasteiger partial charge >= 0.3 is 0 Å². The summed E-state index contributed by atoms with van der Waals surface area (Å²) in [5.74, 6) is -0.610. The number of nitrogens with two attached hydrogens (primary N) is 1. The highest BCUT2D eigenvalue weighted by Crippen LogP contribution is 2.15. The highest BCUT2D eigenvalue weighted by molar-refractivity contribution is 5.95. The summed E-state index contributed by atoms with van der Waals surface area (Å²) >= 11 is 0. The molecule has 0 radical (unpaired) electrons. The van der Waals surface area contributed by atoms with Gasteiger partial charge in [0.15, 0.2) is 0 Å². The third-order valence-corrected chi connectivity index (χ3v) is 2.30. The molecule has 1 aromatic rings. The van der Waals surface area contributed by atoms with E-state index in [2.05, 4.69) is 10.6 Å². The number of anilines is 1. The van der Waals surface area contributed by atoms with Gasteiger partial charge in [0.1, 0.15) is 0 Å². The zero-order chi connectivity index (χ0) is 12.8.